The summed E-state index contributed by atoms with van der Waals surface area (Å²) in [6.07, 6.45) is 6.82. The van der Waals surface area contributed by atoms with E-state index in [4.69, 9.17) is 5.73 Å². The summed E-state index contributed by atoms with van der Waals surface area (Å²) in [6, 6.07) is 0. The predicted octanol–water partition coefficient (Wildman–Crippen LogP) is 0.662. The van der Waals surface area contributed by atoms with Gasteiger partial charge < -0.3 is 10.8 Å². The van der Waals surface area contributed by atoms with Gasteiger partial charge in [-0.15, -0.1) is 0 Å². The van der Waals surface area contributed by atoms with Gasteiger partial charge in [0.1, 0.15) is 0 Å². The second-order valence-electron chi connectivity index (χ2n) is 2.83. The van der Waals surface area contributed by atoms with Gasteiger partial charge in [-0.2, -0.15) is 0 Å². The van der Waals surface area contributed by atoms with Crippen LogP contribution >= 0.6 is 0 Å². The SMILES string of the molecule is NCCC1CCC=CC1O. The first-order valence-corrected chi connectivity index (χ1v) is 3.89. The van der Waals surface area contributed by atoms with Crippen LogP contribution < -0.4 is 5.73 Å². The van der Waals surface area contributed by atoms with Crippen molar-refractivity contribution in [1.29, 1.82) is 0 Å². The van der Waals surface area contributed by atoms with Crippen LogP contribution in [-0.4, -0.2) is 17.8 Å². The highest BCUT2D eigenvalue weighted by Crippen LogP contribution is 2.20. The van der Waals surface area contributed by atoms with Crippen molar-refractivity contribution < 1.29 is 5.11 Å². The molecular weight excluding hydrogens is 126 g/mol. The van der Waals surface area contributed by atoms with Crippen LogP contribution in [0.1, 0.15) is 19.3 Å². The molecule has 0 aromatic rings. The summed E-state index contributed by atoms with van der Waals surface area (Å²) in [6.45, 7) is 0.690. The highest BCUT2D eigenvalue weighted by atomic mass is 16.3. The molecule has 2 unspecified atom stereocenters. The zero-order chi connectivity index (χ0) is 7.40. The molecule has 0 fully saturated rings. The van der Waals surface area contributed by atoms with E-state index in [-0.39, 0.29) is 6.10 Å². The van der Waals surface area contributed by atoms with Crippen LogP contribution in [0.3, 0.4) is 0 Å². The summed E-state index contributed by atoms with van der Waals surface area (Å²) in [5, 5.41) is 9.36. The number of aliphatic hydroxyl groups is 1. The molecule has 2 heteroatoms. The Hall–Kier alpha value is -0.340. The van der Waals surface area contributed by atoms with E-state index in [1.54, 1.807) is 0 Å². The molecule has 0 aromatic heterocycles. The molecule has 2 nitrogen and oxygen atoms in total. The van der Waals surface area contributed by atoms with Crippen LogP contribution in [0.25, 0.3) is 0 Å². The lowest BCUT2D eigenvalue weighted by molar-refractivity contribution is 0.136. The van der Waals surface area contributed by atoms with E-state index in [9.17, 15) is 5.11 Å². The molecule has 1 aliphatic rings. The van der Waals surface area contributed by atoms with Crippen LogP contribution in [0.4, 0.5) is 0 Å². The second kappa shape index (κ2) is 3.74. The monoisotopic (exact) mass is 141 g/mol. The van der Waals surface area contributed by atoms with Crippen molar-refractivity contribution in [3.05, 3.63) is 12.2 Å². The molecule has 0 saturated heterocycles. The van der Waals surface area contributed by atoms with Crippen LogP contribution in [0, 0.1) is 5.92 Å². The molecule has 0 aromatic carbocycles. The highest BCUT2D eigenvalue weighted by Gasteiger charge is 2.17. The summed E-state index contributed by atoms with van der Waals surface area (Å²) in [4.78, 5) is 0. The van der Waals surface area contributed by atoms with E-state index >= 15 is 0 Å². The largest absolute Gasteiger partial charge is 0.389 e. The Morgan fingerprint density at radius 1 is 1.60 bits per heavy atom. The third-order valence-electron chi connectivity index (χ3n) is 2.06. The molecule has 58 valence electrons. The van der Waals surface area contributed by atoms with Crippen molar-refractivity contribution in [2.24, 2.45) is 11.7 Å². The maximum Gasteiger partial charge on any atom is 0.0749 e. The standard InChI is InChI=1S/C8H15NO/c9-6-5-7-3-1-2-4-8(7)10/h2,4,7-8,10H,1,3,5-6,9H2. The fraction of sp³-hybridized carbons (Fsp3) is 0.750. The maximum absolute atomic E-state index is 9.36. The topological polar surface area (TPSA) is 46.2 Å². The maximum atomic E-state index is 9.36. The first-order chi connectivity index (χ1) is 4.84. The van der Waals surface area contributed by atoms with Gasteiger partial charge in [-0.1, -0.05) is 12.2 Å². The smallest absolute Gasteiger partial charge is 0.0749 e. The normalized spacial score (nSPS) is 32.6. The van der Waals surface area contributed by atoms with Crippen LogP contribution in [0.5, 0.6) is 0 Å². The number of hydrogen-bond acceptors (Lipinski definition) is 2. The van der Waals surface area contributed by atoms with E-state index < -0.39 is 0 Å². The summed E-state index contributed by atoms with van der Waals surface area (Å²) >= 11 is 0. The van der Waals surface area contributed by atoms with Gasteiger partial charge in [0.25, 0.3) is 0 Å². The molecule has 0 saturated carbocycles. The molecule has 0 aliphatic heterocycles. The van der Waals surface area contributed by atoms with Gasteiger partial charge in [0.05, 0.1) is 6.10 Å². The van der Waals surface area contributed by atoms with E-state index in [2.05, 4.69) is 0 Å². The number of allylic oxidation sites excluding steroid dienone is 1. The minimum absolute atomic E-state index is 0.239. The van der Waals surface area contributed by atoms with Crippen molar-refractivity contribution in [2.75, 3.05) is 6.54 Å². The number of nitrogens with two attached hydrogens (primary N) is 1. The van der Waals surface area contributed by atoms with Gasteiger partial charge in [-0.05, 0) is 31.7 Å². The minimum atomic E-state index is -0.239. The van der Waals surface area contributed by atoms with Crippen molar-refractivity contribution >= 4 is 0 Å². The molecule has 0 spiro atoms. The molecule has 0 bridgehead atoms. The number of aliphatic hydroxyl groups excluding tert-OH is 1. The van der Waals surface area contributed by atoms with Crippen molar-refractivity contribution in [3.63, 3.8) is 0 Å². The van der Waals surface area contributed by atoms with Crippen LogP contribution in [0.15, 0.2) is 12.2 Å². The third-order valence-corrected chi connectivity index (χ3v) is 2.06. The van der Waals surface area contributed by atoms with Crippen molar-refractivity contribution in [2.45, 2.75) is 25.4 Å². The first-order valence-electron chi connectivity index (χ1n) is 3.89. The molecule has 3 N–H and O–H groups in total. The lowest BCUT2D eigenvalue weighted by Gasteiger charge is -2.22. The Labute approximate surface area is 61.7 Å². The zero-order valence-corrected chi connectivity index (χ0v) is 6.16. The van der Waals surface area contributed by atoms with E-state index in [1.807, 2.05) is 12.2 Å². The summed E-state index contributed by atoms with van der Waals surface area (Å²) in [5.74, 6) is 0.412. The average Bonchev–Trinajstić information content (AvgIpc) is 1.94. The van der Waals surface area contributed by atoms with Gasteiger partial charge in [0.15, 0.2) is 0 Å². The highest BCUT2D eigenvalue weighted by molar-refractivity contribution is 4.97. The van der Waals surface area contributed by atoms with Crippen molar-refractivity contribution in [3.8, 4) is 0 Å². The Morgan fingerprint density at radius 3 is 3.00 bits per heavy atom. The Kier molecular flexibility index (Phi) is 2.90. The fourth-order valence-corrected chi connectivity index (χ4v) is 1.40. The third kappa shape index (κ3) is 1.82. The van der Waals surface area contributed by atoms with Gasteiger partial charge in [-0.25, -0.2) is 0 Å². The molecule has 2 atom stereocenters. The average molecular weight is 141 g/mol. The molecule has 1 rings (SSSR count). The number of rotatable bonds is 2. The molecule has 0 radical (unpaired) electrons. The predicted molar refractivity (Wildman–Crippen MR) is 41.5 cm³/mol. The lowest BCUT2D eigenvalue weighted by atomic mass is 9.89. The summed E-state index contributed by atoms with van der Waals surface area (Å²) in [7, 11) is 0. The number of hydrogen-bond donors (Lipinski definition) is 2. The molecular formula is C8H15NO. The zero-order valence-electron chi connectivity index (χ0n) is 6.16. The van der Waals surface area contributed by atoms with Gasteiger partial charge in [0, 0.05) is 0 Å². The van der Waals surface area contributed by atoms with Gasteiger partial charge in [-0.3, -0.25) is 0 Å². The Balaban J connectivity index is 2.36. The summed E-state index contributed by atoms with van der Waals surface area (Å²) < 4.78 is 0. The molecule has 1 aliphatic carbocycles. The molecule has 10 heavy (non-hydrogen) atoms. The molecule has 0 heterocycles. The van der Waals surface area contributed by atoms with Crippen molar-refractivity contribution in [1.82, 2.24) is 0 Å². The fourth-order valence-electron chi connectivity index (χ4n) is 1.40. The molecule has 0 amide bonds. The Morgan fingerprint density at radius 2 is 2.40 bits per heavy atom. The van der Waals surface area contributed by atoms with Crippen LogP contribution in [-0.2, 0) is 0 Å². The van der Waals surface area contributed by atoms with E-state index in [0.717, 1.165) is 19.3 Å². The quantitative estimate of drug-likeness (QED) is 0.555. The summed E-state index contributed by atoms with van der Waals surface area (Å²) in [5.41, 5.74) is 5.39. The minimum Gasteiger partial charge on any atom is -0.389 e. The second-order valence-corrected chi connectivity index (χ2v) is 2.83. The van der Waals surface area contributed by atoms with E-state index in [1.165, 1.54) is 0 Å². The van der Waals surface area contributed by atoms with Crippen LogP contribution in [0.2, 0.25) is 0 Å². The van der Waals surface area contributed by atoms with Gasteiger partial charge in [0.2, 0.25) is 0 Å². The lowest BCUT2D eigenvalue weighted by Crippen LogP contribution is -2.23. The Bertz CT molecular complexity index is 122. The van der Waals surface area contributed by atoms with E-state index in [0.29, 0.717) is 12.5 Å². The van der Waals surface area contributed by atoms with Gasteiger partial charge >= 0.3 is 0 Å². The first kappa shape index (κ1) is 7.76.